The van der Waals surface area contributed by atoms with Gasteiger partial charge in [-0.15, -0.1) is 0 Å². The molecule has 2 saturated heterocycles. The Labute approximate surface area is 156 Å². The third kappa shape index (κ3) is 2.18. The van der Waals surface area contributed by atoms with Crippen LogP contribution in [0.5, 0.6) is 0 Å². The number of carbonyl (C=O) groups excluding carboxylic acids is 2. The molecule has 2 N–H and O–H groups in total. The Kier molecular flexibility index (Phi) is 4.16. The summed E-state index contributed by atoms with van der Waals surface area (Å²) in [6, 6.07) is -1.22. The van der Waals surface area contributed by atoms with E-state index in [1.165, 1.54) is 18.2 Å². The van der Waals surface area contributed by atoms with E-state index < -0.39 is 66.4 Å². The van der Waals surface area contributed by atoms with E-state index in [0.29, 0.717) is 21.6 Å². The minimum atomic E-state index is -4.39. The van der Waals surface area contributed by atoms with Crippen molar-refractivity contribution in [2.75, 3.05) is 26.2 Å². The van der Waals surface area contributed by atoms with Crippen molar-refractivity contribution in [3.8, 4) is 0 Å². The average molecular weight is 420 g/mol. The number of rotatable bonds is 3. The lowest BCUT2D eigenvalue weighted by atomic mass is 9.97. The molecule has 10 nitrogen and oxygen atoms in total. The molecule has 0 saturated carbocycles. The normalized spacial score (nSPS) is 36.6. The van der Waals surface area contributed by atoms with Gasteiger partial charge in [0.25, 0.3) is 11.8 Å². The van der Waals surface area contributed by atoms with Gasteiger partial charge in [0.2, 0.25) is 9.74 Å². The lowest BCUT2D eigenvalue weighted by Crippen LogP contribution is -2.80. The number of fused-ring (bicyclic) bond motifs is 3. The van der Waals surface area contributed by atoms with E-state index >= 15 is 0 Å². The number of piperazine rings is 1. The van der Waals surface area contributed by atoms with Crippen LogP contribution < -0.4 is 0 Å². The third-order valence-electron chi connectivity index (χ3n) is 5.61. The molecule has 27 heavy (non-hydrogen) atoms. The topological polar surface area (TPSA) is 149 Å². The number of sulfone groups is 2. The van der Waals surface area contributed by atoms with Crippen molar-refractivity contribution in [3.05, 3.63) is 23.8 Å². The first-order valence-corrected chi connectivity index (χ1v) is 11.7. The molecule has 0 aromatic rings. The van der Waals surface area contributed by atoms with Crippen LogP contribution in [0.2, 0.25) is 0 Å². The molecule has 3 rings (SSSR count). The smallest absolute Gasteiger partial charge is 0.269 e. The number of hydrogen-bond acceptors (Lipinski definition) is 8. The molecule has 0 radical (unpaired) electrons. The van der Waals surface area contributed by atoms with Gasteiger partial charge >= 0.3 is 0 Å². The average Bonchev–Trinajstić information content (AvgIpc) is 2.90. The SMILES string of the molecule is CN1C(=O)C2(S(C)(=O)=O)CC3=CC=C[C@H](O)[C@H]3N2C(=O)C1(CO)S(C)(=O)=O. The van der Waals surface area contributed by atoms with Gasteiger partial charge in [-0.1, -0.05) is 18.2 Å². The summed E-state index contributed by atoms with van der Waals surface area (Å²) >= 11 is 0. The Balaban J connectivity index is 2.39. The Hall–Kier alpha value is -1.76. The number of aliphatic hydroxyl groups is 2. The highest BCUT2D eigenvalue weighted by molar-refractivity contribution is 7.93. The predicted octanol–water partition coefficient (Wildman–Crippen LogP) is -2.61. The Morgan fingerprint density at radius 3 is 2.22 bits per heavy atom. The summed E-state index contributed by atoms with van der Waals surface area (Å²) < 4.78 is 50.3. The van der Waals surface area contributed by atoms with Gasteiger partial charge in [0.15, 0.2) is 19.7 Å². The molecule has 3 aliphatic rings. The van der Waals surface area contributed by atoms with Crippen LogP contribution in [0.1, 0.15) is 6.42 Å². The van der Waals surface area contributed by atoms with E-state index in [-0.39, 0.29) is 0 Å². The number of hydrogen-bond donors (Lipinski definition) is 2. The lowest BCUT2D eigenvalue weighted by molar-refractivity contribution is -0.168. The number of amides is 2. The molecule has 0 bridgehead atoms. The first-order valence-electron chi connectivity index (χ1n) is 7.95. The molecule has 2 fully saturated rings. The first kappa shape index (κ1) is 20.0. The maximum absolute atomic E-state index is 13.4. The zero-order valence-electron chi connectivity index (χ0n) is 14.9. The summed E-state index contributed by atoms with van der Waals surface area (Å²) in [5, 5.41) is 20.2. The summed E-state index contributed by atoms with van der Waals surface area (Å²) in [6.07, 6.45) is 4.02. The van der Waals surface area contributed by atoms with Gasteiger partial charge in [-0.05, 0) is 5.57 Å². The zero-order chi connectivity index (χ0) is 20.6. The van der Waals surface area contributed by atoms with Crippen LogP contribution in [0.3, 0.4) is 0 Å². The molecule has 2 amide bonds. The molecule has 2 unspecified atom stereocenters. The zero-order valence-corrected chi connectivity index (χ0v) is 16.5. The summed E-state index contributed by atoms with van der Waals surface area (Å²) in [5.74, 6) is -2.41. The third-order valence-corrected chi connectivity index (χ3v) is 9.15. The van der Waals surface area contributed by atoms with Gasteiger partial charge in [-0.3, -0.25) is 9.59 Å². The Morgan fingerprint density at radius 2 is 1.74 bits per heavy atom. The number of likely N-dealkylation sites (N-methyl/N-ethyl adjacent to an activating group) is 1. The minimum absolute atomic E-state index is 0.313. The van der Waals surface area contributed by atoms with E-state index in [0.717, 1.165) is 13.3 Å². The molecule has 2 aliphatic heterocycles. The fourth-order valence-electron chi connectivity index (χ4n) is 4.18. The standard InChI is InChI=1S/C15H20N2O8S2/c1-16-12(20)14(26(2,22)23)7-9-5-4-6-10(19)11(9)17(14)13(21)15(16,8-18)27(3,24)25/h4-6,10-11,18-19H,7-8H2,1-3H3/t10-,11-,14?,15?/m0/s1. The van der Waals surface area contributed by atoms with Crippen LogP contribution in [0.15, 0.2) is 23.8 Å². The van der Waals surface area contributed by atoms with Crippen molar-refractivity contribution in [1.29, 1.82) is 0 Å². The van der Waals surface area contributed by atoms with Crippen molar-refractivity contribution in [2.24, 2.45) is 0 Å². The first-order chi connectivity index (χ1) is 12.3. The number of carbonyl (C=O) groups is 2. The second-order valence-electron chi connectivity index (χ2n) is 7.05. The second-order valence-corrected chi connectivity index (χ2v) is 11.5. The fourth-order valence-corrected chi connectivity index (χ4v) is 6.85. The summed E-state index contributed by atoms with van der Waals surface area (Å²) in [4.78, 5) is 22.7. The highest BCUT2D eigenvalue weighted by Gasteiger charge is 2.74. The highest BCUT2D eigenvalue weighted by Crippen LogP contribution is 2.50. The van der Waals surface area contributed by atoms with Crippen LogP contribution in [0.4, 0.5) is 0 Å². The van der Waals surface area contributed by atoms with Crippen LogP contribution in [0.25, 0.3) is 0 Å². The minimum Gasteiger partial charge on any atom is -0.392 e. The van der Waals surface area contributed by atoms with E-state index in [1.54, 1.807) is 0 Å². The summed E-state index contributed by atoms with van der Waals surface area (Å²) in [7, 11) is -7.67. The fraction of sp³-hybridized carbons (Fsp3) is 0.600. The monoisotopic (exact) mass is 420 g/mol. The molecule has 0 aromatic carbocycles. The second kappa shape index (κ2) is 5.63. The molecule has 1 aliphatic carbocycles. The quantitative estimate of drug-likeness (QED) is 0.504. The summed E-state index contributed by atoms with van der Waals surface area (Å²) in [5.41, 5.74) is 0.313. The van der Waals surface area contributed by atoms with Crippen LogP contribution in [-0.2, 0) is 29.3 Å². The van der Waals surface area contributed by atoms with Gasteiger partial charge in [-0.2, -0.15) is 0 Å². The van der Waals surface area contributed by atoms with Crippen LogP contribution in [-0.4, -0.2) is 96.7 Å². The maximum Gasteiger partial charge on any atom is 0.269 e. The van der Waals surface area contributed by atoms with Crippen molar-refractivity contribution in [3.63, 3.8) is 0 Å². The van der Waals surface area contributed by atoms with Gasteiger partial charge in [0, 0.05) is 26.0 Å². The number of aliphatic hydroxyl groups excluding tert-OH is 2. The molecule has 2 heterocycles. The molecule has 0 aromatic heterocycles. The molecule has 4 atom stereocenters. The van der Waals surface area contributed by atoms with Gasteiger partial charge < -0.3 is 20.0 Å². The largest absolute Gasteiger partial charge is 0.392 e. The van der Waals surface area contributed by atoms with E-state index in [2.05, 4.69) is 0 Å². The Morgan fingerprint density at radius 1 is 1.15 bits per heavy atom. The van der Waals surface area contributed by atoms with Crippen molar-refractivity contribution in [1.82, 2.24) is 9.80 Å². The van der Waals surface area contributed by atoms with Crippen molar-refractivity contribution < 1.29 is 36.6 Å². The summed E-state index contributed by atoms with van der Waals surface area (Å²) in [6.45, 7) is -1.25. The van der Waals surface area contributed by atoms with Gasteiger partial charge in [-0.25, -0.2) is 16.8 Å². The van der Waals surface area contributed by atoms with E-state index in [9.17, 15) is 36.6 Å². The number of nitrogens with zero attached hydrogens (tertiary/aromatic N) is 2. The van der Waals surface area contributed by atoms with Crippen molar-refractivity contribution >= 4 is 31.5 Å². The Bertz CT molecular complexity index is 999. The van der Waals surface area contributed by atoms with E-state index in [1.807, 2.05) is 0 Å². The maximum atomic E-state index is 13.4. The van der Waals surface area contributed by atoms with Crippen LogP contribution >= 0.6 is 0 Å². The van der Waals surface area contributed by atoms with Gasteiger partial charge in [0.05, 0.1) is 18.8 Å². The van der Waals surface area contributed by atoms with E-state index in [4.69, 9.17) is 0 Å². The van der Waals surface area contributed by atoms with Crippen LogP contribution in [0, 0.1) is 0 Å². The van der Waals surface area contributed by atoms with Gasteiger partial charge in [0.1, 0.15) is 0 Å². The lowest BCUT2D eigenvalue weighted by Gasteiger charge is -2.52. The highest BCUT2D eigenvalue weighted by atomic mass is 32.2. The molecular formula is C15H20N2O8S2. The predicted molar refractivity (Wildman–Crippen MR) is 93.5 cm³/mol. The van der Waals surface area contributed by atoms with Crippen molar-refractivity contribution in [2.45, 2.75) is 28.3 Å². The molecule has 12 heteroatoms. The molecule has 150 valence electrons. The number of allylic oxidation sites excluding steroid dienone is 2. The molecule has 0 spiro atoms. The molecular weight excluding hydrogens is 400 g/mol.